The average molecular weight is 529 g/mol. The lowest BCUT2D eigenvalue weighted by molar-refractivity contribution is 0.0137. The van der Waals surface area contributed by atoms with E-state index in [1.807, 2.05) is 31.4 Å². The Kier molecular flexibility index (Phi) is 8.28. The lowest BCUT2D eigenvalue weighted by Gasteiger charge is -2.35. The molecule has 188 valence electrons. The van der Waals surface area contributed by atoms with E-state index in [1.165, 1.54) is 0 Å². The average Bonchev–Trinajstić information content (AvgIpc) is 3.10. The Morgan fingerprint density at radius 3 is 2.24 bits per heavy atom. The van der Waals surface area contributed by atoms with Gasteiger partial charge in [0.05, 0.1) is 15.6 Å². The maximum absolute atomic E-state index is 13.5. The molecule has 1 saturated heterocycles. The zero-order valence-electron chi connectivity index (χ0n) is 20.9. The van der Waals surface area contributed by atoms with E-state index in [0.29, 0.717) is 48.5 Å². The van der Waals surface area contributed by atoms with Crippen LogP contribution in [-0.2, 0) is 16.2 Å². The molecule has 0 spiro atoms. The lowest BCUT2D eigenvalue weighted by atomic mass is 10.2. The Labute approximate surface area is 212 Å². The Morgan fingerprint density at radius 2 is 1.65 bits per heavy atom. The van der Waals surface area contributed by atoms with E-state index in [1.54, 1.807) is 21.9 Å². The molecule has 1 fully saturated rings. The standard InChI is InChI=1S/C24H35Cl2N3O4Si/c1-24(2,3)33-23(31)28-11-9-27(10-12-28)22(30)20-15-17-19(8-7-18(25)21(17)26)29(20)16-32-13-14-34(4,5)6/h7-8,15H,9-14,16H2,1-6H3. The first-order chi connectivity index (χ1) is 15.8. The summed E-state index contributed by atoms with van der Waals surface area (Å²) in [5.41, 5.74) is 0.747. The number of nitrogens with zero attached hydrogens (tertiary/aromatic N) is 3. The van der Waals surface area contributed by atoms with Gasteiger partial charge in [-0.2, -0.15) is 0 Å². The fraction of sp³-hybridized carbons (Fsp3) is 0.583. The second-order valence-electron chi connectivity index (χ2n) is 10.9. The molecule has 0 N–H and O–H groups in total. The summed E-state index contributed by atoms with van der Waals surface area (Å²) < 4.78 is 13.3. The van der Waals surface area contributed by atoms with E-state index in [0.717, 1.165) is 16.9 Å². The van der Waals surface area contributed by atoms with Crippen LogP contribution in [0.3, 0.4) is 0 Å². The number of piperazine rings is 1. The number of rotatable bonds is 6. The first-order valence-electron chi connectivity index (χ1n) is 11.6. The summed E-state index contributed by atoms with van der Waals surface area (Å²) in [4.78, 5) is 29.3. The maximum Gasteiger partial charge on any atom is 0.410 e. The summed E-state index contributed by atoms with van der Waals surface area (Å²) in [5.74, 6) is -0.124. The molecule has 0 saturated carbocycles. The van der Waals surface area contributed by atoms with Gasteiger partial charge >= 0.3 is 6.09 Å². The number of hydrogen-bond acceptors (Lipinski definition) is 4. The van der Waals surface area contributed by atoms with Crippen LogP contribution in [0.25, 0.3) is 10.9 Å². The molecule has 0 radical (unpaired) electrons. The smallest absolute Gasteiger partial charge is 0.410 e. The molecule has 0 bridgehead atoms. The summed E-state index contributed by atoms with van der Waals surface area (Å²) in [6.07, 6.45) is -0.356. The Morgan fingerprint density at radius 1 is 1.03 bits per heavy atom. The molecule has 2 amide bonds. The number of fused-ring (bicyclic) bond motifs is 1. The van der Waals surface area contributed by atoms with Gasteiger partial charge in [-0.25, -0.2) is 4.79 Å². The minimum atomic E-state index is -1.23. The van der Waals surface area contributed by atoms with Crippen molar-refractivity contribution in [2.75, 3.05) is 32.8 Å². The molecule has 34 heavy (non-hydrogen) atoms. The van der Waals surface area contributed by atoms with Crippen LogP contribution in [0.5, 0.6) is 0 Å². The van der Waals surface area contributed by atoms with Gasteiger partial charge in [0.1, 0.15) is 18.0 Å². The zero-order chi connectivity index (χ0) is 25.3. The van der Waals surface area contributed by atoms with Crippen LogP contribution in [0.4, 0.5) is 4.79 Å². The van der Waals surface area contributed by atoms with E-state index >= 15 is 0 Å². The lowest BCUT2D eigenvalue weighted by Crippen LogP contribution is -2.51. The third kappa shape index (κ3) is 6.68. The van der Waals surface area contributed by atoms with Crippen molar-refractivity contribution in [3.05, 3.63) is 33.9 Å². The van der Waals surface area contributed by atoms with Gasteiger partial charge in [-0.1, -0.05) is 42.8 Å². The minimum absolute atomic E-state index is 0.124. The molecule has 2 heterocycles. The summed E-state index contributed by atoms with van der Waals surface area (Å²) in [7, 11) is -1.23. The topological polar surface area (TPSA) is 64.0 Å². The predicted octanol–water partition coefficient (Wildman–Crippen LogP) is 5.95. The Hall–Kier alpha value is -1.74. The number of amides is 2. The van der Waals surface area contributed by atoms with Gasteiger partial charge in [0.25, 0.3) is 5.91 Å². The summed E-state index contributed by atoms with van der Waals surface area (Å²) in [6, 6.07) is 6.42. The van der Waals surface area contributed by atoms with E-state index < -0.39 is 13.7 Å². The SMILES string of the molecule is CC(C)(C)OC(=O)N1CCN(C(=O)c2cc3c(Cl)c(Cl)ccc3n2COCC[Si](C)(C)C)CC1. The summed E-state index contributed by atoms with van der Waals surface area (Å²) >= 11 is 12.7. The van der Waals surface area contributed by atoms with Gasteiger partial charge in [0.2, 0.25) is 0 Å². The minimum Gasteiger partial charge on any atom is -0.444 e. The maximum atomic E-state index is 13.5. The molecule has 0 atom stereocenters. The van der Waals surface area contributed by atoms with Gasteiger partial charge in [0.15, 0.2) is 0 Å². The highest BCUT2D eigenvalue weighted by Crippen LogP contribution is 2.33. The highest BCUT2D eigenvalue weighted by atomic mass is 35.5. The van der Waals surface area contributed by atoms with Crippen LogP contribution in [-0.4, -0.2) is 72.8 Å². The van der Waals surface area contributed by atoms with Crippen molar-refractivity contribution in [2.24, 2.45) is 0 Å². The monoisotopic (exact) mass is 527 g/mol. The summed E-state index contributed by atoms with van der Waals surface area (Å²) in [5, 5.41) is 1.58. The Balaban J connectivity index is 1.78. The number of carbonyl (C=O) groups excluding carboxylic acids is 2. The number of ether oxygens (including phenoxy) is 2. The highest BCUT2D eigenvalue weighted by Gasteiger charge is 2.30. The third-order valence-electron chi connectivity index (χ3n) is 5.63. The molecule has 3 rings (SSSR count). The molecule has 2 aromatic rings. The van der Waals surface area contributed by atoms with Gasteiger partial charge in [-0.15, -0.1) is 0 Å². The third-order valence-corrected chi connectivity index (χ3v) is 8.15. The van der Waals surface area contributed by atoms with E-state index in [4.69, 9.17) is 32.7 Å². The van der Waals surface area contributed by atoms with Gasteiger partial charge in [0, 0.05) is 46.2 Å². The fourth-order valence-corrected chi connectivity index (χ4v) is 4.84. The quantitative estimate of drug-likeness (QED) is 0.343. The highest BCUT2D eigenvalue weighted by molar-refractivity contribution is 6.76. The van der Waals surface area contributed by atoms with Crippen LogP contribution >= 0.6 is 23.2 Å². The second-order valence-corrected chi connectivity index (χ2v) is 17.3. The second kappa shape index (κ2) is 10.5. The van der Waals surface area contributed by atoms with Crippen LogP contribution in [0.15, 0.2) is 18.2 Å². The molecule has 0 unspecified atom stereocenters. The zero-order valence-corrected chi connectivity index (χ0v) is 23.4. The molecule has 1 aliphatic rings. The van der Waals surface area contributed by atoms with E-state index in [9.17, 15) is 9.59 Å². The van der Waals surface area contributed by atoms with Crippen LogP contribution in [0.2, 0.25) is 35.7 Å². The van der Waals surface area contributed by atoms with E-state index in [2.05, 4.69) is 19.6 Å². The number of halogens is 2. The van der Waals surface area contributed by atoms with Crippen molar-refractivity contribution in [3.63, 3.8) is 0 Å². The number of hydrogen-bond donors (Lipinski definition) is 0. The fourth-order valence-electron chi connectivity index (χ4n) is 3.70. The molecule has 1 aromatic carbocycles. The van der Waals surface area contributed by atoms with Crippen LogP contribution in [0, 0.1) is 0 Å². The molecular formula is C24H35Cl2N3O4Si. The molecule has 7 nitrogen and oxygen atoms in total. The number of carbonyl (C=O) groups is 2. The van der Waals surface area contributed by atoms with Crippen molar-refractivity contribution in [3.8, 4) is 0 Å². The van der Waals surface area contributed by atoms with Crippen LogP contribution in [0.1, 0.15) is 31.3 Å². The van der Waals surface area contributed by atoms with Crippen molar-refractivity contribution < 1.29 is 19.1 Å². The normalized spacial score (nSPS) is 15.2. The van der Waals surface area contributed by atoms with Gasteiger partial charge < -0.3 is 23.8 Å². The van der Waals surface area contributed by atoms with Crippen molar-refractivity contribution >= 4 is 54.2 Å². The molecular weight excluding hydrogens is 493 g/mol. The van der Waals surface area contributed by atoms with Crippen molar-refractivity contribution in [1.82, 2.24) is 14.4 Å². The number of benzene rings is 1. The first kappa shape index (κ1) is 26.9. The van der Waals surface area contributed by atoms with Crippen molar-refractivity contribution in [1.29, 1.82) is 0 Å². The first-order valence-corrected chi connectivity index (χ1v) is 16.1. The largest absolute Gasteiger partial charge is 0.444 e. The van der Waals surface area contributed by atoms with E-state index in [-0.39, 0.29) is 18.7 Å². The number of aromatic nitrogens is 1. The van der Waals surface area contributed by atoms with Crippen molar-refractivity contribution in [2.45, 2.75) is 58.8 Å². The Bertz CT molecular complexity index is 1050. The molecule has 0 aliphatic carbocycles. The molecule has 1 aliphatic heterocycles. The van der Waals surface area contributed by atoms with Gasteiger partial charge in [-0.05, 0) is 45.0 Å². The van der Waals surface area contributed by atoms with Gasteiger partial charge in [-0.3, -0.25) is 4.79 Å². The molecule has 10 heteroatoms. The molecule has 1 aromatic heterocycles. The predicted molar refractivity (Wildman–Crippen MR) is 140 cm³/mol. The van der Waals surface area contributed by atoms with Crippen LogP contribution < -0.4 is 0 Å². The summed E-state index contributed by atoms with van der Waals surface area (Å²) in [6.45, 7) is 15.0.